The summed E-state index contributed by atoms with van der Waals surface area (Å²) >= 11 is 0. The quantitative estimate of drug-likeness (QED) is 0.662. The smallest absolute Gasteiger partial charge is 0.257 e. The van der Waals surface area contributed by atoms with Gasteiger partial charge in [0.15, 0.2) is 0 Å². The van der Waals surface area contributed by atoms with E-state index < -0.39 is 0 Å². The molecule has 0 aliphatic carbocycles. The Balaban J connectivity index is 0.00000256. The van der Waals surface area contributed by atoms with Gasteiger partial charge in [0, 0.05) is 24.8 Å². The molecule has 6 heteroatoms. The average molecular weight is 425 g/mol. The molecule has 3 aromatic rings. The number of nitrogens with one attached hydrogen (secondary N) is 1. The van der Waals surface area contributed by atoms with Crippen LogP contribution in [0.5, 0.6) is 0 Å². The van der Waals surface area contributed by atoms with Gasteiger partial charge in [-0.1, -0.05) is 42.5 Å². The average Bonchev–Trinajstić information content (AvgIpc) is 3.20. The summed E-state index contributed by atoms with van der Waals surface area (Å²) in [6.45, 7) is 4.68. The van der Waals surface area contributed by atoms with Crippen molar-refractivity contribution in [2.24, 2.45) is 5.92 Å². The Labute approximate surface area is 184 Å². The molecule has 2 heterocycles. The second-order valence-electron chi connectivity index (χ2n) is 7.78. The lowest BCUT2D eigenvalue weighted by Crippen LogP contribution is -2.40. The van der Waals surface area contributed by atoms with Crippen molar-refractivity contribution >= 4 is 18.3 Å². The van der Waals surface area contributed by atoms with Crippen molar-refractivity contribution in [3.05, 3.63) is 71.9 Å². The minimum atomic E-state index is 0. The van der Waals surface area contributed by atoms with Gasteiger partial charge in [-0.05, 0) is 57.0 Å². The minimum Gasteiger partial charge on any atom is -0.339 e. The van der Waals surface area contributed by atoms with Crippen LogP contribution in [0, 0.1) is 12.8 Å². The molecule has 1 N–H and O–H groups in total. The standard InChI is InChI=1S/C24H28N4O.ClH/c1-18-8-6-7-11-21(18)23-22(17-28(26-23)20-9-4-3-5-10-20)24(29)27-14-12-19(13-15-27)16-25-2;/h3-11,17,19,25H,12-16H2,1-2H3;1H. The molecular weight excluding hydrogens is 396 g/mol. The van der Waals surface area contributed by atoms with E-state index in [-0.39, 0.29) is 18.3 Å². The topological polar surface area (TPSA) is 50.2 Å². The Morgan fingerprint density at radius 2 is 1.73 bits per heavy atom. The van der Waals surface area contributed by atoms with Gasteiger partial charge in [0.2, 0.25) is 0 Å². The highest BCUT2D eigenvalue weighted by Crippen LogP contribution is 2.29. The van der Waals surface area contributed by atoms with Crippen molar-refractivity contribution in [3.63, 3.8) is 0 Å². The van der Waals surface area contributed by atoms with Crippen molar-refractivity contribution in [2.45, 2.75) is 19.8 Å². The number of carbonyl (C=O) groups is 1. The summed E-state index contributed by atoms with van der Waals surface area (Å²) in [4.78, 5) is 15.5. The Hall–Kier alpha value is -2.63. The van der Waals surface area contributed by atoms with Crippen molar-refractivity contribution in [1.82, 2.24) is 20.0 Å². The third-order valence-electron chi connectivity index (χ3n) is 5.76. The number of carbonyl (C=O) groups excluding carboxylic acids is 1. The predicted molar refractivity (Wildman–Crippen MR) is 124 cm³/mol. The van der Waals surface area contributed by atoms with E-state index in [9.17, 15) is 4.79 Å². The first-order valence-corrected chi connectivity index (χ1v) is 10.3. The van der Waals surface area contributed by atoms with Crippen LogP contribution in [-0.4, -0.2) is 47.3 Å². The van der Waals surface area contributed by atoms with Crippen LogP contribution < -0.4 is 5.32 Å². The van der Waals surface area contributed by atoms with E-state index in [0.717, 1.165) is 55.0 Å². The van der Waals surface area contributed by atoms with E-state index in [2.05, 4.69) is 18.3 Å². The number of likely N-dealkylation sites (tertiary alicyclic amines) is 1. The first-order valence-electron chi connectivity index (χ1n) is 10.3. The molecule has 1 aliphatic heterocycles. The summed E-state index contributed by atoms with van der Waals surface area (Å²) in [5.74, 6) is 0.722. The molecule has 1 aromatic heterocycles. The van der Waals surface area contributed by atoms with E-state index in [1.165, 1.54) is 0 Å². The summed E-state index contributed by atoms with van der Waals surface area (Å²) in [6, 6.07) is 18.1. The molecule has 30 heavy (non-hydrogen) atoms. The summed E-state index contributed by atoms with van der Waals surface area (Å²) in [6.07, 6.45) is 3.97. The molecule has 0 saturated carbocycles. The second kappa shape index (κ2) is 9.92. The van der Waals surface area contributed by atoms with Gasteiger partial charge in [-0.3, -0.25) is 4.79 Å². The molecule has 1 fully saturated rings. The number of nitrogens with zero attached hydrogens (tertiary/aromatic N) is 3. The van der Waals surface area contributed by atoms with Crippen LogP contribution >= 0.6 is 12.4 Å². The number of aromatic nitrogens is 2. The largest absolute Gasteiger partial charge is 0.339 e. The van der Waals surface area contributed by atoms with Gasteiger partial charge in [0.05, 0.1) is 11.3 Å². The number of piperidine rings is 1. The molecule has 1 saturated heterocycles. The van der Waals surface area contributed by atoms with E-state index in [4.69, 9.17) is 5.10 Å². The van der Waals surface area contributed by atoms with Gasteiger partial charge in [-0.25, -0.2) is 4.68 Å². The monoisotopic (exact) mass is 424 g/mol. The van der Waals surface area contributed by atoms with Crippen LogP contribution in [0.2, 0.25) is 0 Å². The van der Waals surface area contributed by atoms with Gasteiger partial charge < -0.3 is 10.2 Å². The van der Waals surface area contributed by atoms with E-state index >= 15 is 0 Å². The molecule has 4 rings (SSSR count). The van der Waals surface area contributed by atoms with E-state index in [0.29, 0.717) is 11.5 Å². The number of aryl methyl sites for hydroxylation is 1. The molecule has 1 aliphatic rings. The fourth-order valence-electron chi connectivity index (χ4n) is 4.08. The summed E-state index contributed by atoms with van der Waals surface area (Å²) < 4.78 is 1.82. The lowest BCUT2D eigenvalue weighted by atomic mass is 9.96. The van der Waals surface area contributed by atoms with Gasteiger partial charge in [0.1, 0.15) is 5.69 Å². The molecule has 0 spiro atoms. The first kappa shape index (κ1) is 22.1. The Bertz CT molecular complexity index is 978. The minimum absolute atomic E-state index is 0. The Morgan fingerprint density at radius 1 is 1.07 bits per heavy atom. The molecule has 0 unspecified atom stereocenters. The number of amides is 1. The summed E-state index contributed by atoms with van der Waals surface area (Å²) in [5, 5.41) is 8.09. The maximum absolute atomic E-state index is 13.5. The number of halogens is 1. The zero-order valence-electron chi connectivity index (χ0n) is 17.5. The molecule has 2 aromatic carbocycles. The van der Waals surface area contributed by atoms with Gasteiger partial charge in [0.25, 0.3) is 5.91 Å². The highest BCUT2D eigenvalue weighted by Gasteiger charge is 2.27. The Morgan fingerprint density at radius 3 is 2.40 bits per heavy atom. The highest BCUT2D eigenvalue weighted by molar-refractivity contribution is 6.00. The maximum Gasteiger partial charge on any atom is 0.257 e. The number of rotatable bonds is 5. The predicted octanol–water partition coefficient (Wildman–Crippen LogP) is 4.34. The molecule has 5 nitrogen and oxygen atoms in total. The van der Waals surface area contributed by atoms with Crippen LogP contribution in [-0.2, 0) is 0 Å². The third kappa shape index (κ3) is 4.58. The number of benzene rings is 2. The lowest BCUT2D eigenvalue weighted by Gasteiger charge is -2.32. The zero-order chi connectivity index (χ0) is 20.2. The fourth-order valence-corrected chi connectivity index (χ4v) is 4.08. The highest BCUT2D eigenvalue weighted by atomic mass is 35.5. The second-order valence-corrected chi connectivity index (χ2v) is 7.78. The Kier molecular flexibility index (Phi) is 7.29. The molecule has 0 radical (unpaired) electrons. The first-order chi connectivity index (χ1) is 14.2. The van der Waals surface area contributed by atoms with Gasteiger partial charge in [-0.15, -0.1) is 12.4 Å². The van der Waals surface area contributed by atoms with Crippen LogP contribution in [0.3, 0.4) is 0 Å². The zero-order valence-corrected chi connectivity index (χ0v) is 18.4. The van der Waals surface area contributed by atoms with Gasteiger partial charge >= 0.3 is 0 Å². The SMILES string of the molecule is CNCC1CCN(C(=O)c2cn(-c3ccccc3)nc2-c2ccccc2C)CC1.Cl. The van der Waals surface area contributed by atoms with Crippen LogP contribution in [0.4, 0.5) is 0 Å². The normalized spacial score (nSPS) is 14.4. The number of hydrogen-bond donors (Lipinski definition) is 1. The maximum atomic E-state index is 13.5. The van der Waals surface area contributed by atoms with Crippen LogP contribution in [0.1, 0.15) is 28.8 Å². The fraction of sp³-hybridized carbons (Fsp3) is 0.333. The van der Waals surface area contributed by atoms with Crippen LogP contribution in [0.15, 0.2) is 60.8 Å². The lowest BCUT2D eigenvalue weighted by molar-refractivity contribution is 0.0691. The molecule has 0 bridgehead atoms. The molecular formula is C24H29ClN4O. The van der Waals surface area contributed by atoms with E-state index in [1.807, 2.05) is 71.4 Å². The number of para-hydroxylation sites is 1. The van der Waals surface area contributed by atoms with Crippen molar-refractivity contribution in [3.8, 4) is 16.9 Å². The van der Waals surface area contributed by atoms with E-state index in [1.54, 1.807) is 0 Å². The van der Waals surface area contributed by atoms with Crippen molar-refractivity contribution in [2.75, 3.05) is 26.7 Å². The van der Waals surface area contributed by atoms with Crippen molar-refractivity contribution < 1.29 is 4.79 Å². The molecule has 0 atom stereocenters. The third-order valence-corrected chi connectivity index (χ3v) is 5.76. The van der Waals surface area contributed by atoms with Crippen molar-refractivity contribution in [1.29, 1.82) is 0 Å². The number of hydrogen-bond acceptors (Lipinski definition) is 3. The van der Waals surface area contributed by atoms with Crippen LogP contribution in [0.25, 0.3) is 16.9 Å². The summed E-state index contributed by atoms with van der Waals surface area (Å²) in [5.41, 5.74) is 4.52. The molecule has 1 amide bonds. The summed E-state index contributed by atoms with van der Waals surface area (Å²) in [7, 11) is 1.99. The molecule has 158 valence electrons. The van der Waals surface area contributed by atoms with Gasteiger partial charge in [-0.2, -0.15) is 5.10 Å².